The fraction of sp³-hybridized carbons (Fsp3) is 0.492. The molecule has 6 aromatic carbocycles. The van der Waals surface area contributed by atoms with Crippen LogP contribution in [0.3, 0.4) is 0 Å². The van der Waals surface area contributed by atoms with E-state index in [1.165, 1.54) is 28.8 Å². The molecule has 0 amide bonds. The summed E-state index contributed by atoms with van der Waals surface area (Å²) in [5.41, 5.74) is 6.00. The van der Waals surface area contributed by atoms with Gasteiger partial charge >= 0.3 is 426 Å². The second-order valence-corrected chi connectivity index (χ2v) is 29.5. The molecule has 0 radical (unpaired) electrons. The van der Waals surface area contributed by atoms with Crippen molar-refractivity contribution in [3.63, 3.8) is 0 Å². The average molecular weight is 987 g/mol. The van der Waals surface area contributed by atoms with Crippen LogP contribution in [0.1, 0.15) is 202 Å². The van der Waals surface area contributed by atoms with Crippen LogP contribution in [0, 0.1) is 6.92 Å². The van der Waals surface area contributed by atoms with Gasteiger partial charge in [-0.25, -0.2) is 0 Å². The van der Waals surface area contributed by atoms with E-state index in [0.29, 0.717) is 23.1 Å². The number of fused-ring (bicyclic) bond motifs is 2. The third kappa shape index (κ3) is 9.71. The van der Waals surface area contributed by atoms with E-state index in [1.54, 1.807) is 31.2 Å². The van der Waals surface area contributed by atoms with Crippen LogP contribution in [0.2, 0.25) is 0 Å². The van der Waals surface area contributed by atoms with Crippen molar-refractivity contribution >= 4 is 49.3 Å². The van der Waals surface area contributed by atoms with Crippen LogP contribution in [0.15, 0.2) is 101 Å². The first kappa shape index (κ1) is 55.4. The number of benzene rings is 6. The van der Waals surface area contributed by atoms with Crippen molar-refractivity contribution < 1.29 is 23.1 Å². The second kappa shape index (κ2) is 18.5. The minimum absolute atomic E-state index is 0.00712. The summed E-state index contributed by atoms with van der Waals surface area (Å²) in [6, 6.07) is 29.1. The van der Waals surface area contributed by atoms with Gasteiger partial charge in [-0.2, -0.15) is 0 Å². The van der Waals surface area contributed by atoms with Gasteiger partial charge in [0.05, 0.1) is 0 Å². The quantitative estimate of drug-likeness (QED) is 0.0792. The van der Waals surface area contributed by atoms with Crippen molar-refractivity contribution in [2.24, 2.45) is 0 Å². The third-order valence-corrected chi connectivity index (χ3v) is 22.2. The molecule has 0 unspecified atom stereocenters. The van der Waals surface area contributed by atoms with Gasteiger partial charge in [0, 0.05) is 0 Å². The molecule has 5 nitrogen and oxygen atoms in total. The van der Waals surface area contributed by atoms with E-state index in [2.05, 4.69) is 167 Å². The molecular formula is C63H87O5PS. The van der Waals surface area contributed by atoms with Gasteiger partial charge in [-0.15, -0.1) is 0 Å². The maximum atomic E-state index is 15.0. The first-order valence-electron chi connectivity index (χ1n) is 26.1. The summed E-state index contributed by atoms with van der Waals surface area (Å²) in [6.45, 7) is 41.5. The summed E-state index contributed by atoms with van der Waals surface area (Å²) in [6.07, 6.45) is 5.00. The maximum absolute atomic E-state index is 15.0. The van der Waals surface area contributed by atoms with Crippen LogP contribution in [0.4, 0.5) is 0 Å². The molecule has 3 N–H and O–H groups in total. The molecule has 0 heterocycles. The fourth-order valence-electron chi connectivity index (χ4n) is 9.92. The van der Waals surface area contributed by atoms with Gasteiger partial charge < -0.3 is 0 Å². The van der Waals surface area contributed by atoms with Gasteiger partial charge in [0.15, 0.2) is 0 Å². The molecule has 6 rings (SSSR count). The van der Waals surface area contributed by atoms with E-state index >= 15 is 0 Å². The molecule has 0 saturated heterocycles. The summed E-state index contributed by atoms with van der Waals surface area (Å²) in [7, 11) is -10.4. The van der Waals surface area contributed by atoms with Gasteiger partial charge in [-0.3, -0.25) is 0 Å². The molecule has 0 bridgehead atoms. The van der Waals surface area contributed by atoms with Crippen molar-refractivity contribution in [2.45, 2.75) is 212 Å². The Labute approximate surface area is 423 Å². The SMILES string of the molecule is CCC(C)(C)c1cc(C(C)(C)CC)c2cc(-c3cc(S(=O)(=O)c4ccccc4C)ccc3P(O)(O)(O)c3cc4c(C(C)(C)CC)cc(C(C)(C)CC)cc4cc3C(C)(C)CC)c(C(C)(C)CC)cc2c1. The second-order valence-electron chi connectivity index (χ2n) is 24.6. The zero-order chi connectivity index (χ0) is 52.6. The minimum atomic E-state index is -6.28. The van der Waals surface area contributed by atoms with E-state index < -0.39 is 28.0 Å². The Bertz CT molecular complexity index is 3080. The fourth-order valence-corrected chi connectivity index (χ4v) is 13.9. The Morgan fingerprint density at radius 1 is 0.429 bits per heavy atom. The van der Waals surface area contributed by atoms with Crippen LogP contribution in [-0.2, 0) is 42.3 Å². The van der Waals surface area contributed by atoms with Crippen LogP contribution in [0.25, 0.3) is 32.7 Å². The molecule has 380 valence electrons. The summed E-state index contributed by atoms with van der Waals surface area (Å²) in [4.78, 5) is 41.3. The average Bonchev–Trinajstić information content (AvgIpc) is 3.31. The Morgan fingerprint density at radius 2 is 0.843 bits per heavy atom. The van der Waals surface area contributed by atoms with Crippen molar-refractivity contribution in [2.75, 3.05) is 0 Å². The Kier molecular flexibility index (Phi) is 14.7. The molecule has 70 heavy (non-hydrogen) atoms. The molecule has 0 saturated carbocycles. The van der Waals surface area contributed by atoms with Crippen LogP contribution in [-0.4, -0.2) is 23.1 Å². The molecule has 0 fully saturated rings. The third-order valence-electron chi connectivity index (χ3n) is 17.8. The topological polar surface area (TPSA) is 94.8 Å². The molecule has 0 aliphatic heterocycles. The van der Waals surface area contributed by atoms with Gasteiger partial charge in [0.1, 0.15) is 0 Å². The van der Waals surface area contributed by atoms with E-state index in [9.17, 15) is 23.1 Å². The standard InChI is InChI=1S/C63H87O5PS/c1-20-58(8,9)44-32-42-34-51(60(12,13)22-3)49(39-47(42)52(36-44)61(14,15)23-4)50-38-46(70(67,68)57-29-27-26-28-41(57)7)30-31-55(50)69(64,65,66)56-40-48-43(35-54(56)63(18,19)25-6)33-45(59(10,11)21-2)37-53(48)62(16,17)24-5/h26-40,64-66H,20-25H2,1-19H3. The summed E-state index contributed by atoms with van der Waals surface area (Å²) < 4.78 is 29.9. The van der Waals surface area contributed by atoms with E-state index in [4.69, 9.17) is 0 Å². The van der Waals surface area contributed by atoms with Crippen molar-refractivity contribution in [3.05, 3.63) is 130 Å². The van der Waals surface area contributed by atoms with Gasteiger partial charge in [-0.05, 0) is 0 Å². The van der Waals surface area contributed by atoms with E-state index in [1.807, 2.05) is 12.1 Å². The first-order chi connectivity index (χ1) is 32.1. The Morgan fingerprint density at radius 3 is 1.30 bits per heavy atom. The number of hydrogen-bond donors (Lipinski definition) is 3. The number of aryl methyl sites for hydroxylation is 1. The number of sulfone groups is 1. The molecular weight excluding hydrogens is 900 g/mol. The first-order valence-corrected chi connectivity index (χ1v) is 29.7. The number of rotatable bonds is 17. The predicted octanol–water partition coefficient (Wildman–Crippen LogP) is 16.2. The Balaban J connectivity index is 1.89. The van der Waals surface area contributed by atoms with Gasteiger partial charge in [-0.1, -0.05) is 0 Å². The zero-order valence-electron chi connectivity index (χ0n) is 46.4. The van der Waals surface area contributed by atoms with Crippen LogP contribution < -0.4 is 10.6 Å². The van der Waals surface area contributed by atoms with Crippen LogP contribution in [0.5, 0.6) is 0 Å². The predicted molar refractivity (Wildman–Crippen MR) is 303 cm³/mol. The summed E-state index contributed by atoms with van der Waals surface area (Å²) in [5, 5.41) is 3.92. The monoisotopic (exact) mass is 987 g/mol. The number of hydrogen-bond acceptors (Lipinski definition) is 5. The van der Waals surface area contributed by atoms with Gasteiger partial charge in [0.2, 0.25) is 0 Å². The van der Waals surface area contributed by atoms with Crippen molar-refractivity contribution in [1.29, 1.82) is 0 Å². The molecule has 0 atom stereocenters. The summed E-state index contributed by atoms with van der Waals surface area (Å²) >= 11 is 0. The normalized spacial score (nSPS) is 14.3. The van der Waals surface area contributed by atoms with Crippen LogP contribution >= 0.6 is 7.28 Å². The Hall–Kier alpha value is -3.90. The zero-order valence-corrected chi connectivity index (χ0v) is 48.1. The van der Waals surface area contributed by atoms with Crippen molar-refractivity contribution in [1.82, 2.24) is 0 Å². The summed E-state index contributed by atoms with van der Waals surface area (Å²) in [5.74, 6) is 0. The van der Waals surface area contributed by atoms with E-state index in [0.717, 1.165) is 64.8 Å². The molecule has 7 heteroatoms. The molecule has 0 aliphatic rings. The van der Waals surface area contributed by atoms with Crippen molar-refractivity contribution in [3.8, 4) is 11.1 Å². The molecule has 6 aromatic rings. The molecule has 0 aromatic heterocycles. The molecule has 0 aliphatic carbocycles. The van der Waals surface area contributed by atoms with Gasteiger partial charge in [0.25, 0.3) is 0 Å². The van der Waals surface area contributed by atoms with E-state index in [-0.39, 0.29) is 47.6 Å². The molecule has 0 spiro atoms.